The summed E-state index contributed by atoms with van der Waals surface area (Å²) >= 11 is 0. The average molecular weight is 881 g/mol. The highest BCUT2D eigenvalue weighted by atomic mass is 31.1. The Hall–Kier alpha value is -1.70. The Bertz CT molecular complexity index is 2150. The predicted molar refractivity (Wildman–Crippen MR) is 286 cm³/mol. The molecule has 0 amide bonds. The normalized spacial score (nSPS) is 14.9. The van der Waals surface area contributed by atoms with Gasteiger partial charge >= 0.3 is 0 Å². The van der Waals surface area contributed by atoms with Gasteiger partial charge in [-0.05, 0) is 122 Å². The minimum Gasteiger partial charge on any atom is -0.106 e. The Morgan fingerprint density at radius 3 is 0.836 bits per heavy atom. The highest BCUT2D eigenvalue weighted by Gasteiger charge is 2.37. The second kappa shape index (κ2) is 16.3. The van der Waals surface area contributed by atoms with E-state index in [4.69, 9.17) is 0 Å². The van der Waals surface area contributed by atoms with Crippen LogP contribution < -0.4 is 10.3 Å². The van der Waals surface area contributed by atoms with Gasteiger partial charge in [-0.1, -0.05) is 240 Å². The molecule has 0 N–H and O–H groups in total. The Morgan fingerprint density at radius 2 is 0.590 bits per heavy atom. The van der Waals surface area contributed by atoms with Crippen molar-refractivity contribution in [3.63, 3.8) is 0 Å². The molecule has 0 aliphatic rings. The zero-order chi connectivity index (χ0) is 47.4. The fourth-order valence-corrected chi connectivity index (χ4v) is 16.2. The van der Waals surface area contributed by atoms with E-state index in [0.29, 0.717) is 8.58 Å². The van der Waals surface area contributed by atoms with Crippen molar-refractivity contribution in [3.05, 3.63) is 86.5 Å². The van der Waals surface area contributed by atoms with Gasteiger partial charge in [0.2, 0.25) is 0 Å². The smallest absolute Gasteiger partial charge is 0.0299 e. The first-order valence-corrected chi connectivity index (χ1v) is 27.0. The molecule has 3 heteroatoms. The van der Waals surface area contributed by atoms with Crippen molar-refractivity contribution >= 4 is 34.6 Å². The van der Waals surface area contributed by atoms with Crippen LogP contribution in [0.2, 0.25) is 0 Å². The molecule has 3 aromatic carbocycles. The lowest BCUT2D eigenvalue weighted by Crippen LogP contribution is -2.31. The minimum atomic E-state index is -0.676. The molecule has 338 valence electrons. The van der Waals surface area contributed by atoms with Crippen molar-refractivity contribution < 1.29 is 0 Å². The second-order valence-electron chi connectivity index (χ2n) is 27.9. The molecular formula is C58H91P3. The minimum absolute atomic E-state index is 0.00717. The molecule has 0 spiro atoms. The molecule has 0 aliphatic carbocycles. The van der Waals surface area contributed by atoms with Gasteiger partial charge in [0.1, 0.15) is 0 Å². The average Bonchev–Trinajstić information content (AvgIpc) is 3.34. The van der Waals surface area contributed by atoms with Crippen molar-refractivity contribution in [3.8, 4) is 21.4 Å². The molecule has 0 fully saturated rings. The maximum Gasteiger partial charge on any atom is 0.0299 e. The summed E-state index contributed by atoms with van der Waals surface area (Å²) in [6, 6.07) is 15.6. The van der Waals surface area contributed by atoms with Gasteiger partial charge in [-0.25, -0.2) is 0 Å². The third-order valence-electron chi connectivity index (χ3n) is 12.7. The molecular weight excluding hydrogens is 790 g/mol. The van der Waals surface area contributed by atoms with Gasteiger partial charge in [-0.2, -0.15) is 0 Å². The molecule has 0 aliphatic heterocycles. The van der Waals surface area contributed by atoms with Crippen LogP contribution in [0.15, 0.2) is 36.4 Å². The number of hydrogen-bond donors (Lipinski definition) is 0. The van der Waals surface area contributed by atoms with Gasteiger partial charge in [-0.15, -0.1) is 7.53 Å². The van der Waals surface area contributed by atoms with Crippen LogP contribution in [0.3, 0.4) is 0 Å². The van der Waals surface area contributed by atoms with Crippen LogP contribution in [0.5, 0.6) is 0 Å². The Morgan fingerprint density at radius 1 is 0.344 bits per heavy atom. The molecule has 61 heavy (non-hydrogen) atoms. The first-order valence-electron chi connectivity index (χ1n) is 23.3. The topological polar surface area (TPSA) is 0 Å². The summed E-state index contributed by atoms with van der Waals surface area (Å²) in [5.41, 5.74) is 16.5. The maximum absolute atomic E-state index is 2.65. The summed E-state index contributed by atoms with van der Waals surface area (Å²) in [6.45, 7) is 68.3. The third-order valence-corrected chi connectivity index (χ3v) is 19.7. The van der Waals surface area contributed by atoms with E-state index in [9.17, 15) is 0 Å². The van der Waals surface area contributed by atoms with Crippen LogP contribution in [0, 0.1) is 0 Å². The molecule has 4 rings (SSSR count). The van der Waals surface area contributed by atoms with E-state index in [1.165, 1.54) is 63.8 Å². The zero-order valence-corrected chi connectivity index (χ0v) is 47.6. The molecule has 0 radical (unpaired) electrons. The van der Waals surface area contributed by atoms with E-state index >= 15 is 0 Å². The molecule has 1 heterocycles. The zero-order valence-electron chi connectivity index (χ0n) is 44.9. The monoisotopic (exact) mass is 881 g/mol. The van der Waals surface area contributed by atoms with E-state index < -0.39 is 7.53 Å². The van der Waals surface area contributed by atoms with Crippen molar-refractivity contribution in [1.29, 1.82) is 0 Å². The lowest BCUT2D eigenvalue weighted by Gasteiger charge is -2.35. The molecule has 2 unspecified atom stereocenters. The summed E-state index contributed by atoms with van der Waals surface area (Å²) in [4.78, 5) is 0. The van der Waals surface area contributed by atoms with Crippen molar-refractivity contribution in [2.75, 3.05) is 0 Å². The summed E-state index contributed by atoms with van der Waals surface area (Å²) in [5.74, 6) is 0. The molecule has 4 aromatic rings. The van der Waals surface area contributed by atoms with Crippen LogP contribution in [-0.4, -0.2) is 0 Å². The quantitative estimate of drug-likeness (QED) is 0.179. The van der Waals surface area contributed by atoms with Crippen LogP contribution in [0.1, 0.15) is 237 Å². The Balaban J connectivity index is 2.45. The van der Waals surface area contributed by atoms with Gasteiger partial charge < -0.3 is 0 Å². The SMILES string of the molecule is Cp1c(-c2c(C(C)(C)C)cc(C(C)(C)C)cc2C(C)(C)C)pc(-c2c(C(C)(C)C)cc(C(C)(C)C)cc2C(C)(C)C)c1Pc1c(C(C)(C)C)cc(C(C)(C)C)cc1C(C)(C)C. The van der Waals surface area contributed by atoms with E-state index in [0.717, 1.165) is 0 Å². The standard InChI is InChI=1S/C58H91P3/c1-50(2,3)35-29-38(53(10,11)12)44(39(30-35)54(13,14)15)47-49(59-46-42(57(22,23)24)33-37(52(7,8)9)34-43(46)58(25,26)27)61(28)48(60-47)45-40(55(16,17)18)31-36(51(4,5)6)32-41(45)56(19,20)21/h29-34,59H,1-28H3. The Labute approximate surface area is 383 Å². The first kappa shape index (κ1) is 51.9. The molecule has 1 aromatic heterocycles. The van der Waals surface area contributed by atoms with Crippen LogP contribution in [0.4, 0.5) is 0 Å². The van der Waals surface area contributed by atoms with Crippen LogP contribution in [0.25, 0.3) is 21.4 Å². The van der Waals surface area contributed by atoms with E-state index in [-0.39, 0.29) is 48.7 Å². The van der Waals surface area contributed by atoms with E-state index in [1.54, 1.807) is 26.2 Å². The summed E-state index contributed by atoms with van der Waals surface area (Å²) in [6.07, 6.45) is 0. The van der Waals surface area contributed by atoms with Crippen LogP contribution in [-0.2, 0) is 55.4 Å². The predicted octanol–water partition coefficient (Wildman–Crippen LogP) is 18.4. The number of benzene rings is 3. The van der Waals surface area contributed by atoms with Gasteiger partial charge in [0, 0.05) is 15.4 Å². The largest absolute Gasteiger partial charge is 0.106 e. The number of rotatable bonds is 4. The lowest BCUT2D eigenvalue weighted by atomic mass is 9.72. The molecule has 0 saturated carbocycles. The van der Waals surface area contributed by atoms with Gasteiger partial charge in [0.15, 0.2) is 0 Å². The van der Waals surface area contributed by atoms with Crippen molar-refractivity contribution in [2.45, 2.75) is 236 Å². The molecule has 0 saturated heterocycles. The third kappa shape index (κ3) is 11.2. The van der Waals surface area contributed by atoms with Crippen LogP contribution >= 0.6 is 24.3 Å². The van der Waals surface area contributed by atoms with E-state index in [1.807, 2.05) is 0 Å². The molecule has 0 bridgehead atoms. The van der Waals surface area contributed by atoms with Gasteiger partial charge in [0.25, 0.3) is 0 Å². The summed E-state index contributed by atoms with van der Waals surface area (Å²) in [5, 5.41) is 6.53. The van der Waals surface area contributed by atoms with Crippen molar-refractivity contribution in [1.82, 2.24) is 0 Å². The number of hydrogen-bond acceptors (Lipinski definition) is 0. The van der Waals surface area contributed by atoms with Gasteiger partial charge in [0.05, 0.1) is 0 Å². The van der Waals surface area contributed by atoms with Crippen molar-refractivity contribution in [2.24, 2.45) is 6.66 Å². The fourth-order valence-electron chi connectivity index (χ4n) is 8.56. The maximum atomic E-state index is 2.65. The first-order chi connectivity index (χ1) is 26.9. The summed E-state index contributed by atoms with van der Waals surface area (Å²) < 4.78 is 0. The molecule has 0 nitrogen and oxygen atoms in total. The van der Waals surface area contributed by atoms with E-state index in [2.05, 4.69) is 230 Å². The summed E-state index contributed by atoms with van der Waals surface area (Å²) in [7, 11) is 1.30. The lowest BCUT2D eigenvalue weighted by molar-refractivity contribution is 0.550. The molecule has 2 atom stereocenters. The highest BCUT2D eigenvalue weighted by molar-refractivity contribution is 7.80. The Kier molecular flexibility index (Phi) is 13.9. The fraction of sp³-hybridized carbons (Fsp3) is 0.638. The second-order valence-corrected chi connectivity index (χ2v) is 33.1. The highest BCUT2D eigenvalue weighted by Crippen LogP contribution is 2.60. The van der Waals surface area contributed by atoms with Gasteiger partial charge in [-0.3, -0.25) is 0 Å².